The van der Waals surface area contributed by atoms with Crippen molar-refractivity contribution < 1.29 is 57.1 Å². The van der Waals surface area contributed by atoms with Crippen LogP contribution in [0, 0.1) is 11.8 Å². The second-order valence-corrected chi connectivity index (χ2v) is 12.5. The molecule has 0 saturated carbocycles. The molecule has 1 N–H and O–H groups in total. The Morgan fingerprint density at radius 1 is 0.917 bits per heavy atom. The predicted molar refractivity (Wildman–Crippen MR) is 164 cm³/mol. The van der Waals surface area contributed by atoms with Gasteiger partial charge in [-0.2, -0.15) is 0 Å². The molecule has 4 aliphatic rings. The van der Waals surface area contributed by atoms with Crippen molar-refractivity contribution in [3.8, 4) is 0 Å². The molecule has 2 aromatic rings. The number of piperidine rings is 1. The second-order valence-electron chi connectivity index (χ2n) is 12.5. The number of amides is 1. The van der Waals surface area contributed by atoms with Gasteiger partial charge >= 0.3 is 23.9 Å². The number of aromatic nitrogens is 1. The van der Waals surface area contributed by atoms with Crippen molar-refractivity contribution in [1.29, 1.82) is 0 Å². The molecular weight excluding hydrogens is 628 g/mol. The quantitative estimate of drug-likeness (QED) is 0.323. The summed E-state index contributed by atoms with van der Waals surface area (Å²) in [6, 6.07) is 7.95. The molecule has 1 aromatic heterocycles. The average Bonchev–Trinajstić information content (AvgIpc) is 3.41. The summed E-state index contributed by atoms with van der Waals surface area (Å²) in [7, 11) is 0. The molecule has 0 unspecified atom stereocenters. The molecule has 5 heterocycles. The topological polar surface area (TPSA) is 169 Å². The van der Waals surface area contributed by atoms with Crippen molar-refractivity contribution in [2.24, 2.45) is 11.8 Å². The summed E-state index contributed by atoms with van der Waals surface area (Å²) >= 11 is 0. The number of carbonyl (C=O) groups is 5. The van der Waals surface area contributed by atoms with E-state index in [-0.39, 0.29) is 30.4 Å². The van der Waals surface area contributed by atoms with Crippen LogP contribution in [0.3, 0.4) is 0 Å². The van der Waals surface area contributed by atoms with Crippen LogP contribution in [0.25, 0.3) is 10.9 Å². The summed E-state index contributed by atoms with van der Waals surface area (Å²) in [6.45, 7) is 6.84. The van der Waals surface area contributed by atoms with Crippen molar-refractivity contribution in [1.82, 2.24) is 9.88 Å². The summed E-state index contributed by atoms with van der Waals surface area (Å²) < 4.78 is 40.4. The van der Waals surface area contributed by atoms with Crippen LogP contribution in [0.2, 0.25) is 0 Å². The van der Waals surface area contributed by atoms with Gasteiger partial charge in [-0.25, -0.2) is 0 Å². The van der Waals surface area contributed by atoms with E-state index in [4.69, 9.17) is 33.2 Å². The van der Waals surface area contributed by atoms with E-state index in [1.165, 1.54) is 18.7 Å². The van der Waals surface area contributed by atoms with Crippen molar-refractivity contribution in [2.75, 3.05) is 13.2 Å². The lowest BCUT2D eigenvalue weighted by atomic mass is 9.73. The fraction of sp³-hybridized carbons (Fsp3) is 0.559. The number of nitrogens with zero attached hydrogens (tertiary/aromatic N) is 1. The van der Waals surface area contributed by atoms with Crippen molar-refractivity contribution in [3.63, 3.8) is 0 Å². The number of ether oxygens (including phenoxy) is 7. The van der Waals surface area contributed by atoms with Gasteiger partial charge in [0.05, 0.1) is 17.9 Å². The maximum absolute atomic E-state index is 13.9. The van der Waals surface area contributed by atoms with E-state index in [0.29, 0.717) is 25.0 Å². The van der Waals surface area contributed by atoms with E-state index in [0.717, 1.165) is 43.8 Å². The SMILES string of the molecule is CC[C@H]1[C@H](O[C@@H]2O[C@H](COC(C)=O)[C@@H](OC(C)=O)[C@H](OC(C)=O)[C@H]2OC(C)=O)OC=C2C(=O)N3CCc4c([nH]c5ccccc45)[C@@H]3C[C@H]21. The van der Waals surface area contributed by atoms with Crippen molar-refractivity contribution in [3.05, 3.63) is 47.4 Å². The molecule has 48 heavy (non-hydrogen) atoms. The molecule has 0 spiro atoms. The molecule has 6 rings (SSSR count). The highest BCUT2D eigenvalue weighted by molar-refractivity contribution is 5.96. The highest BCUT2D eigenvalue weighted by Gasteiger charge is 2.55. The first kappa shape index (κ1) is 33.5. The number of H-pyrrole nitrogens is 1. The molecule has 0 aliphatic carbocycles. The predicted octanol–water partition coefficient (Wildman–Crippen LogP) is 2.98. The molecule has 2 saturated heterocycles. The molecule has 4 aliphatic heterocycles. The van der Waals surface area contributed by atoms with Crippen molar-refractivity contribution >= 4 is 40.7 Å². The lowest BCUT2D eigenvalue weighted by Gasteiger charge is -2.49. The Hall–Kier alpha value is -4.43. The molecule has 1 aromatic carbocycles. The number of fused-ring (bicyclic) bond motifs is 6. The van der Waals surface area contributed by atoms with Gasteiger partial charge in [-0.3, -0.25) is 24.0 Å². The Labute approximate surface area is 276 Å². The monoisotopic (exact) mass is 668 g/mol. The zero-order valence-electron chi connectivity index (χ0n) is 27.5. The van der Waals surface area contributed by atoms with Crippen LogP contribution in [-0.4, -0.2) is 89.8 Å². The molecule has 2 fully saturated rings. The number of benzene rings is 1. The minimum absolute atomic E-state index is 0.0928. The highest BCUT2D eigenvalue weighted by Crippen LogP contribution is 2.49. The normalized spacial score (nSPS) is 30.9. The minimum atomic E-state index is -1.41. The number of nitrogens with one attached hydrogen (secondary N) is 1. The lowest BCUT2D eigenvalue weighted by molar-refractivity contribution is -0.344. The maximum atomic E-state index is 13.9. The van der Waals surface area contributed by atoms with Gasteiger partial charge in [-0.05, 0) is 30.9 Å². The number of carbonyl (C=O) groups excluding carboxylic acids is 5. The fourth-order valence-corrected chi connectivity index (χ4v) is 7.51. The van der Waals surface area contributed by atoms with Crippen LogP contribution in [0.4, 0.5) is 0 Å². The van der Waals surface area contributed by atoms with Gasteiger partial charge in [0.1, 0.15) is 12.7 Å². The van der Waals surface area contributed by atoms with Crippen LogP contribution < -0.4 is 0 Å². The smallest absolute Gasteiger partial charge is 0.303 e. The molecule has 14 nitrogen and oxygen atoms in total. The summed E-state index contributed by atoms with van der Waals surface area (Å²) in [6.07, 6.45) is -4.29. The number of esters is 4. The first-order chi connectivity index (χ1) is 23.0. The van der Waals surface area contributed by atoms with Gasteiger partial charge in [0, 0.05) is 62.7 Å². The Morgan fingerprint density at radius 3 is 2.29 bits per heavy atom. The second kappa shape index (κ2) is 13.6. The number of hydrogen-bond acceptors (Lipinski definition) is 12. The zero-order chi connectivity index (χ0) is 34.3. The largest absolute Gasteiger partial charge is 0.472 e. The van der Waals surface area contributed by atoms with Crippen LogP contribution in [0.1, 0.15) is 64.8 Å². The number of aromatic amines is 1. The zero-order valence-corrected chi connectivity index (χ0v) is 27.5. The van der Waals surface area contributed by atoms with Crippen LogP contribution in [-0.2, 0) is 63.6 Å². The van der Waals surface area contributed by atoms with Gasteiger partial charge in [0.25, 0.3) is 5.91 Å². The van der Waals surface area contributed by atoms with Gasteiger partial charge < -0.3 is 43.0 Å². The number of rotatable bonds is 8. The molecular formula is C34H40N2O12. The van der Waals surface area contributed by atoms with E-state index >= 15 is 0 Å². The molecule has 258 valence electrons. The van der Waals surface area contributed by atoms with Crippen LogP contribution >= 0.6 is 0 Å². The van der Waals surface area contributed by atoms with E-state index in [1.807, 2.05) is 30.0 Å². The minimum Gasteiger partial charge on any atom is -0.472 e. The summed E-state index contributed by atoms with van der Waals surface area (Å²) in [4.78, 5) is 67.8. The van der Waals surface area contributed by atoms with Gasteiger partial charge in [-0.15, -0.1) is 0 Å². The first-order valence-corrected chi connectivity index (χ1v) is 16.2. The van der Waals surface area contributed by atoms with Crippen molar-refractivity contribution in [2.45, 2.75) is 96.9 Å². The number of para-hydroxylation sites is 1. The molecule has 1 amide bonds. The number of hydrogen-bond donors (Lipinski definition) is 1. The third kappa shape index (κ3) is 6.38. The third-order valence-electron chi connectivity index (χ3n) is 9.43. The van der Waals surface area contributed by atoms with E-state index in [9.17, 15) is 24.0 Å². The molecule has 9 atom stereocenters. The Balaban J connectivity index is 1.31. The Morgan fingerprint density at radius 2 is 1.60 bits per heavy atom. The van der Waals surface area contributed by atoms with Crippen LogP contribution in [0.5, 0.6) is 0 Å². The molecule has 14 heteroatoms. The van der Waals surface area contributed by atoms with Gasteiger partial charge in [-0.1, -0.05) is 25.1 Å². The third-order valence-corrected chi connectivity index (χ3v) is 9.43. The summed E-state index contributed by atoms with van der Waals surface area (Å²) in [5.74, 6) is -3.51. The van der Waals surface area contributed by atoms with E-state index in [1.54, 1.807) is 0 Å². The maximum Gasteiger partial charge on any atom is 0.303 e. The standard InChI is InChI=1S/C34H40N2O12/c1-6-20-23-13-26-28-22(21-9-7-8-10-25(21)35-28)11-12-36(26)32(41)24(23)14-43-33(20)48-34-31(46-19(5)40)30(45-18(4)39)29(44-17(3)38)27(47-34)15-42-16(2)37/h7-10,14,20,23,26-27,29-31,33-35H,6,11-13,15H2,1-5H3/t20-,23+,26+,27-,29-,30+,31-,33+,34+/m1/s1. The average molecular weight is 669 g/mol. The Bertz CT molecular complexity index is 1630. The van der Waals surface area contributed by atoms with E-state index < -0.39 is 60.9 Å². The lowest BCUT2D eigenvalue weighted by Crippen LogP contribution is -2.63. The van der Waals surface area contributed by atoms with Gasteiger partial charge in [0.15, 0.2) is 18.3 Å². The molecule has 0 radical (unpaired) electrons. The van der Waals surface area contributed by atoms with Gasteiger partial charge in [0.2, 0.25) is 12.6 Å². The summed E-state index contributed by atoms with van der Waals surface area (Å²) in [5, 5.41) is 1.16. The van der Waals surface area contributed by atoms with Crippen LogP contribution in [0.15, 0.2) is 36.1 Å². The van der Waals surface area contributed by atoms with E-state index in [2.05, 4.69) is 11.1 Å². The Kier molecular flexibility index (Phi) is 9.48. The fourth-order valence-electron chi connectivity index (χ4n) is 7.51. The first-order valence-electron chi connectivity index (χ1n) is 16.2. The molecule has 0 bridgehead atoms. The highest BCUT2D eigenvalue weighted by atomic mass is 16.8. The summed E-state index contributed by atoms with van der Waals surface area (Å²) in [5.41, 5.74) is 3.84.